The highest BCUT2D eigenvalue weighted by atomic mass is 19.1. The summed E-state index contributed by atoms with van der Waals surface area (Å²) >= 11 is 0. The Kier molecular flexibility index (Phi) is 9.85. The van der Waals surface area contributed by atoms with Gasteiger partial charge in [-0.25, -0.2) is 4.39 Å². The summed E-state index contributed by atoms with van der Waals surface area (Å²) in [6.45, 7) is 9.85. The molecule has 0 bridgehead atoms. The highest BCUT2D eigenvalue weighted by Crippen LogP contribution is 2.45. The molecule has 40 heavy (non-hydrogen) atoms. The first-order valence-electron chi connectivity index (χ1n) is 14.1. The number of esters is 1. The maximum absolute atomic E-state index is 14.9. The standard InChI is InChI=1S/C34H41FO5/c1-6-39-33(36)19-30(24-10-11-24)25-9-7-8-23(16-25)20-40-28-12-14-29(26(17-28)21-38-22-34(2,3)4)31-18-27(37-5)13-15-32(31)35/h7-9,12-18,24,30H,6,10-11,19-22H2,1-5H3. The van der Waals surface area contributed by atoms with E-state index in [2.05, 4.69) is 32.9 Å². The summed E-state index contributed by atoms with van der Waals surface area (Å²) in [6, 6.07) is 18.7. The zero-order valence-corrected chi connectivity index (χ0v) is 24.3. The monoisotopic (exact) mass is 548 g/mol. The Morgan fingerprint density at radius 1 is 0.975 bits per heavy atom. The Labute approximate surface area is 237 Å². The molecule has 1 aliphatic rings. The average Bonchev–Trinajstić information content (AvgIpc) is 3.76. The Bertz CT molecular complexity index is 1290. The maximum Gasteiger partial charge on any atom is 0.306 e. The number of ether oxygens (including phenoxy) is 4. The Morgan fingerprint density at radius 2 is 1.75 bits per heavy atom. The Morgan fingerprint density at radius 3 is 2.45 bits per heavy atom. The van der Waals surface area contributed by atoms with E-state index < -0.39 is 0 Å². The van der Waals surface area contributed by atoms with Crippen LogP contribution in [0.2, 0.25) is 0 Å². The van der Waals surface area contributed by atoms with Crippen LogP contribution in [-0.4, -0.2) is 26.3 Å². The number of carbonyl (C=O) groups is 1. The molecular formula is C34H41FO5. The highest BCUT2D eigenvalue weighted by molar-refractivity contribution is 5.71. The van der Waals surface area contributed by atoms with Gasteiger partial charge in [-0.05, 0) is 89.6 Å². The lowest BCUT2D eigenvalue weighted by Crippen LogP contribution is -2.14. The molecule has 0 heterocycles. The molecule has 0 spiro atoms. The summed E-state index contributed by atoms with van der Waals surface area (Å²) in [6.07, 6.45) is 2.69. The van der Waals surface area contributed by atoms with Gasteiger partial charge in [-0.1, -0.05) is 51.1 Å². The van der Waals surface area contributed by atoms with E-state index in [0.717, 1.165) is 35.1 Å². The van der Waals surface area contributed by atoms with Crippen molar-refractivity contribution in [2.75, 3.05) is 20.3 Å². The van der Waals surface area contributed by atoms with Gasteiger partial charge in [0.1, 0.15) is 23.9 Å². The minimum absolute atomic E-state index is 0.00606. The summed E-state index contributed by atoms with van der Waals surface area (Å²) in [5, 5.41) is 0. The van der Waals surface area contributed by atoms with Crippen LogP contribution in [0, 0.1) is 17.2 Å². The van der Waals surface area contributed by atoms with Gasteiger partial charge in [0.05, 0.1) is 33.4 Å². The first-order chi connectivity index (χ1) is 19.2. The summed E-state index contributed by atoms with van der Waals surface area (Å²) < 4.78 is 37.7. The Hall–Kier alpha value is -3.38. The van der Waals surface area contributed by atoms with Gasteiger partial charge in [-0.3, -0.25) is 4.79 Å². The van der Waals surface area contributed by atoms with E-state index in [4.69, 9.17) is 18.9 Å². The van der Waals surface area contributed by atoms with Gasteiger partial charge in [-0.15, -0.1) is 0 Å². The van der Waals surface area contributed by atoms with Crippen molar-refractivity contribution >= 4 is 5.97 Å². The first kappa shape index (κ1) is 29.6. The minimum atomic E-state index is -0.323. The van der Waals surface area contributed by atoms with E-state index in [9.17, 15) is 9.18 Å². The normalized spacial score (nSPS) is 14.1. The van der Waals surface area contributed by atoms with E-state index in [1.807, 2.05) is 37.3 Å². The molecule has 4 rings (SSSR count). The number of carbonyl (C=O) groups excluding carboxylic acids is 1. The molecule has 5 nitrogen and oxygen atoms in total. The summed E-state index contributed by atoms with van der Waals surface area (Å²) in [5.41, 5.74) is 4.22. The van der Waals surface area contributed by atoms with Crippen molar-refractivity contribution in [3.8, 4) is 22.6 Å². The fourth-order valence-corrected chi connectivity index (χ4v) is 4.88. The van der Waals surface area contributed by atoms with E-state index in [0.29, 0.717) is 55.8 Å². The van der Waals surface area contributed by atoms with Crippen LogP contribution in [0.3, 0.4) is 0 Å². The molecule has 1 unspecified atom stereocenters. The Balaban J connectivity index is 1.53. The van der Waals surface area contributed by atoms with Crippen LogP contribution in [0.15, 0.2) is 60.7 Å². The van der Waals surface area contributed by atoms with Crippen molar-refractivity contribution in [1.29, 1.82) is 0 Å². The van der Waals surface area contributed by atoms with Gasteiger partial charge in [0.15, 0.2) is 0 Å². The summed E-state index contributed by atoms with van der Waals surface area (Å²) in [4.78, 5) is 12.2. The third-order valence-electron chi connectivity index (χ3n) is 7.00. The predicted octanol–water partition coefficient (Wildman–Crippen LogP) is 8.09. The lowest BCUT2D eigenvalue weighted by Gasteiger charge is -2.20. The zero-order chi connectivity index (χ0) is 28.7. The van der Waals surface area contributed by atoms with Crippen molar-refractivity contribution in [2.45, 2.75) is 66.1 Å². The number of rotatable bonds is 13. The fourth-order valence-electron chi connectivity index (χ4n) is 4.88. The van der Waals surface area contributed by atoms with Gasteiger partial charge in [0, 0.05) is 5.56 Å². The number of methoxy groups -OCH3 is 1. The van der Waals surface area contributed by atoms with Crippen molar-refractivity contribution in [3.05, 3.63) is 83.2 Å². The van der Waals surface area contributed by atoms with Gasteiger partial charge in [-0.2, -0.15) is 0 Å². The molecule has 0 radical (unpaired) electrons. The molecule has 3 aromatic rings. The van der Waals surface area contributed by atoms with Crippen molar-refractivity contribution in [3.63, 3.8) is 0 Å². The largest absolute Gasteiger partial charge is 0.497 e. The van der Waals surface area contributed by atoms with Crippen LogP contribution in [0.4, 0.5) is 4.39 Å². The highest BCUT2D eigenvalue weighted by Gasteiger charge is 2.34. The second-order valence-corrected chi connectivity index (χ2v) is 11.7. The van der Waals surface area contributed by atoms with Gasteiger partial charge in [0.25, 0.3) is 0 Å². The predicted molar refractivity (Wildman–Crippen MR) is 155 cm³/mol. The molecule has 0 N–H and O–H groups in total. The minimum Gasteiger partial charge on any atom is -0.497 e. The van der Waals surface area contributed by atoms with Crippen LogP contribution in [0.5, 0.6) is 11.5 Å². The first-order valence-corrected chi connectivity index (χ1v) is 14.1. The number of halogens is 1. The van der Waals surface area contributed by atoms with Crippen molar-refractivity contribution in [1.82, 2.24) is 0 Å². The maximum atomic E-state index is 14.9. The van der Waals surface area contributed by atoms with E-state index in [1.54, 1.807) is 19.2 Å². The molecule has 1 fully saturated rings. The van der Waals surface area contributed by atoms with Crippen molar-refractivity contribution in [2.24, 2.45) is 11.3 Å². The smallest absolute Gasteiger partial charge is 0.306 e. The second-order valence-electron chi connectivity index (χ2n) is 11.7. The van der Waals surface area contributed by atoms with E-state index in [1.165, 1.54) is 6.07 Å². The SMILES string of the molecule is CCOC(=O)CC(c1cccc(COc2ccc(-c3cc(OC)ccc3F)c(COCC(C)(C)C)c2)c1)C1CC1. The third-order valence-corrected chi connectivity index (χ3v) is 7.00. The zero-order valence-electron chi connectivity index (χ0n) is 24.3. The lowest BCUT2D eigenvalue weighted by molar-refractivity contribution is -0.143. The molecule has 1 aliphatic carbocycles. The average molecular weight is 549 g/mol. The van der Waals surface area contributed by atoms with Gasteiger partial charge in [0.2, 0.25) is 0 Å². The van der Waals surface area contributed by atoms with Crippen LogP contribution < -0.4 is 9.47 Å². The lowest BCUT2D eigenvalue weighted by atomic mass is 9.90. The van der Waals surface area contributed by atoms with Crippen LogP contribution in [0.25, 0.3) is 11.1 Å². The third kappa shape index (κ3) is 8.31. The van der Waals surface area contributed by atoms with Gasteiger partial charge < -0.3 is 18.9 Å². The molecule has 1 atom stereocenters. The number of hydrogen-bond acceptors (Lipinski definition) is 5. The van der Waals surface area contributed by atoms with Crippen LogP contribution in [0.1, 0.15) is 69.6 Å². The van der Waals surface area contributed by atoms with Crippen molar-refractivity contribution < 1.29 is 28.1 Å². The quantitative estimate of drug-likeness (QED) is 0.202. The molecule has 6 heteroatoms. The molecule has 0 saturated heterocycles. The second kappa shape index (κ2) is 13.3. The summed E-state index contributed by atoms with van der Waals surface area (Å²) in [5.74, 6) is 1.50. The molecule has 1 saturated carbocycles. The van der Waals surface area contributed by atoms with Crippen LogP contribution in [-0.2, 0) is 27.5 Å². The molecule has 0 aliphatic heterocycles. The summed E-state index contributed by atoms with van der Waals surface area (Å²) in [7, 11) is 1.57. The number of hydrogen-bond donors (Lipinski definition) is 0. The van der Waals surface area contributed by atoms with E-state index >= 15 is 0 Å². The fraction of sp³-hybridized carbons (Fsp3) is 0.441. The molecule has 0 aromatic heterocycles. The molecular weight excluding hydrogens is 507 g/mol. The molecule has 3 aromatic carbocycles. The van der Waals surface area contributed by atoms with Gasteiger partial charge >= 0.3 is 5.97 Å². The van der Waals surface area contributed by atoms with Crippen LogP contribution >= 0.6 is 0 Å². The molecule has 0 amide bonds. The number of benzene rings is 3. The van der Waals surface area contributed by atoms with E-state index in [-0.39, 0.29) is 23.1 Å². The molecule has 214 valence electrons. The topological polar surface area (TPSA) is 54.0 Å².